The van der Waals surface area contributed by atoms with Crippen molar-refractivity contribution in [2.24, 2.45) is 0 Å². The molecular formula is C26H25N5O4. The number of nitrogens with zero attached hydrogens (tertiary/aromatic N) is 3. The van der Waals surface area contributed by atoms with Crippen LogP contribution in [0.25, 0.3) is 11.0 Å². The molecule has 0 bridgehead atoms. The van der Waals surface area contributed by atoms with Gasteiger partial charge in [-0.05, 0) is 36.8 Å². The molecule has 0 aliphatic heterocycles. The monoisotopic (exact) mass is 471 g/mol. The molecule has 1 amide bonds. The summed E-state index contributed by atoms with van der Waals surface area (Å²) in [4.78, 5) is 46.5. The number of imidazole rings is 1. The predicted octanol–water partition coefficient (Wildman–Crippen LogP) is 4.13. The van der Waals surface area contributed by atoms with Crippen LogP contribution in [-0.2, 0) is 6.42 Å². The molecule has 0 spiro atoms. The highest BCUT2D eigenvalue weighted by Gasteiger charge is 2.22. The Hall–Kier alpha value is -4.53. The number of hydrogen-bond acceptors (Lipinski definition) is 6. The Morgan fingerprint density at radius 3 is 2.46 bits per heavy atom. The van der Waals surface area contributed by atoms with Gasteiger partial charge in [0.05, 0.1) is 21.5 Å². The van der Waals surface area contributed by atoms with E-state index in [-0.39, 0.29) is 28.3 Å². The highest BCUT2D eigenvalue weighted by molar-refractivity contribution is 6.15. The number of aromatic amines is 1. The van der Waals surface area contributed by atoms with Crippen LogP contribution in [0.5, 0.6) is 0 Å². The molecule has 3 aromatic carbocycles. The zero-order valence-electron chi connectivity index (χ0n) is 19.4. The number of H-pyrrole nitrogens is 1. The first kappa shape index (κ1) is 23.6. The van der Waals surface area contributed by atoms with E-state index in [0.717, 1.165) is 16.9 Å². The lowest BCUT2D eigenvalue weighted by molar-refractivity contribution is -0.384. The summed E-state index contributed by atoms with van der Waals surface area (Å²) >= 11 is 0. The van der Waals surface area contributed by atoms with E-state index in [4.69, 9.17) is 0 Å². The van der Waals surface area contributed by atoms with E-state index in [1.165, 1.54) is 18.2 Å². The van der Waals surface area contributed by atoms with Crippen molar-refractivity contribution in [3.05, 3.63) is 99.4 Å². The molecule has 1 heterocycles. The normalized spacial score (nSPS) is 10.8. The lowest BCUT2D eigenvalue weighted by atomic mass is 9.97. The van der Waals surface area contributed by atoms with E-state index in [1.54, 1.807) is 43.3 Å². The number of nitro benzene ring substituents is 1. The van der Waals surface area contributed by atoms with E-state index >= 15 is 0 Å². The molecule has 0 fully saturated rings. The molecule has 4 rings (SSSR count). The zero-order chi connectivity index (χ0) is 24.9. The van der Waals surface area contributed by atoms with Gasteiger partial charge in [0.15, 0.2) is 5.78 Å². The van der Waals surface area contributed by atoms with Crippen LogP contribution in [0.1, 0.15) is 38.5 Å². The summed E-state index contributed by atoms with van der Waals surface area (Å²) in [5.41, 5.74) is 2.65. The Morgan fingerprint density at radius 1 is 1.03 bits per heavy atom. The third kappa shape index (κ3) is 5.19. The van der Waals surface area contributed by atoms with Crippen LogP contribution in [0, 0.1) is 10.1 Å². The van der Waals surface area contributed by atoms with Crippen LogP contribution in [0.15, 0.2) is 66.7 Å². The maximum absolute atomic E-state index is 13.2. The molecule has 9 heteroatoms. The van der Waals surface area contributed by atoms with Crippen molar-refractivity contribution in [3.8, 4) is 0 Å². The van der Waals surface area contributed by atoms with Crippen molar-refractivity contribution in [1.29, 1.82) is 0 Å². The second-order valence-corrected chi connectivity index (χ2v) is 8.29. The van der Waals surface area contributed by atoms with Gasteiger partial charge in [0.2, 0.25) is 0 Å². The molecule has 2 N–H and O–H groups in total. The Kier molecular flexibility index (Phi) is 6.86. The van der Waals surface area contributed by atoms with Crippen LogP contribution in [0.3, 0.4) is 0 Å². The van der Waals surface area contributed by atoms with Crippen molar-refractivity contribution in [2.75, 3.05) is 25.5 Å². The standard InChI is InChI=1S/C26H25N5O4/c1-30(2)22-14-13-17(16-23(22)31(34)35)25(32)18-8-3-4-9-19(18)26(33)27-15-7-12-24-28-20-10-5-6-11-21(20)29-24/h3-6,8-11,13-14,16H,7,12,15H2,1-2H3,(H,27,33)(H,28,29). The number of benzene rings is 3. The first-order chi connectivity index (χ1) is 16.8. The summed E-state index contributed by atoms with van der Waals surface area (Å²) in [6.07, 6.45) is 1.33. The van der Waals surface area contributed by atoms with Gasteiger partial charge in [-0.2, -0.15) is 0 Å². The minimum absolute atomic E-state index is 0.146. The number of amides is 1. The van der Waals surface area contributed by atoms with E-state index < -0.39 is 10.7 Å². The third-order valence-electron chi connectivity index (χ3n) is 5.65. The Balaban J connectivity index is 1.45. The second kappa shape index (κ2) is 10.2. The van der Waals surface area contributed by atoms with Crippen LogP contribution in [0.4, 0.5) is 11.4 Å². The van der Waals surface area contributed by atoms with E-state index in [9.17, 15) is 19.7 Å². The maximum Gasteiger partial charge on any atom is 0.293 e. The molecule has 0 aliphatic rings. The summed E-state index contributed by atoms with van der Waals surface area (Å²) in [6, 6.07) is 18.6. The van der Waals surface area contributed by atoms with Crippen LogP contribution in [0.2, 0.25) is 0 Å². The largest absolute Gasteiger partial charge is 0.372 e. The minimum atomic E-state index is -0.521. The Morgan fingerprint density at radius 2 is 1.74 bits per heavy atom. The SMILES string of the molecule is CN(C)c1ccc(C(=O)c2ccccc2C(=O)NCCCc2nc3ccccc3[nH]2)cc1[N+](=O)[O-]. The van der Waals surface area contributed by atoms with Crippen LogP contribution < -0.4 is 10.2 Å². The zero-order valence-corrected chi connectivity index (χ0v) is 19.4. The molecule has 0 radical (unpaired) electrons. The van der Waals surface area contributed by atoms with E-state index in [0.29, 0.717) is 25.1 Å². The quantitative estimate of drug-likeness (QED) is 0.164. The van der Waals surface area contributed by atoms with E-state index in [2.05, 4.69) is 15.3 Å². The molecule has 178 valence electrons. The van der Waals surface area contributed by atoms with E-state index in [1.807, 2.05) is 24.3 Å². The fraction of sp³-hybridized carbons (Fsp3) is 0.192. The summed E-state index contributed by atoms with van der Waals surface area (Å²) in [6.45, 7) is 0.404. The first-order valence-electron chi connectivity index (χ1n) is 11.2. The Bertz CT molecular complexity index is 1380. The number of para-hydroxylation sites is 2. The molecule has 4 aromatic rings. The van der Waals surface area contributed by atoms with Crippen molar-refractivity contribution in [1.82, 2.24) is 15.3 Å². The molecule has 1 aromatic heterocycles. The lowest BCUT2D eigenvalue weighted by Crippen LogP contribution is -2.26. The number of hydrogen-bond donors (Lipinski definition) is 2. The number of carbonyl (C=O) groups is 2. The van der Waals surface area contributed by atoms with Crippen molar-refractivity contribution in [2.45, 2.75) is 12.8 Å². The van der Waals surface area contributed by atoms with Gasteiger partial charge in [0, 0.05) is 44.3 Å². The number of nitrogens with one attached hydrogen (secondary N) is 2. The fourth-order valence-electron chi connectivity index (χ4n) is 3.90. The topological polar surface area (TPSA) is 121 Å². The molecule has 9 nitrogen and oxygen atoms in total. The molecule has 0 saturated heterocycles. The van der Waals surface area contributed by atoms with Gasteiger partial charge < -0.3 is 15.2 Å². The summed E-state index contributed by atoms with van der Waals surface area (Å²) in [5, 5.41) is 14.4. The van der Waals surface area contributed by atoms with Gasteiger partial charge in [-0.25, -0.2) is 4.98 Å². The Labute approximate surface area is 201 Å². The van der Waals surface area contributed by atoms with Crippen LogP contribution >= 0.6 is 0 Å². The summed E-state index contributed by atoms with van der Waals surface area (Å²) in [5.74, 6) is 0.0168. The number of fused-ring (bicyclic) bond motifs is 1. The number of aromatic nitrogens is 2. The smallest absolute Gasteiger partial charge is 0.293 e. The maximum atomic E-state index is 13.2. The van der Waals surface area contributed by atoms with Crippen LogP contribution in [-0.4, -0.2) is 47.2 Å². The minimum Gasteiger partial charge on any atom is -0.372 e. The van der Waals surface area contributed by atoms with Gasteiger partial charge in [-0.3, -0.25) is 19.7 Å². The number of anilines is 1. The highest BCUT2D eigenvalue weighted by Crippen LogP contribution is 2.29. The molecular weight excluding hydrogens is 446 g/mol. The summed E-state index contributed by atoms with van der Waals surface area (Å²) < 4.78 is 0. The van der Waals surface area contributed by atoms with Gasteiger partial charge in [0.1, 0.15) is 11.5 Å². The average Bonchev–Trinajstić information content (AvgIpc) is 3.28. The number of nitro groups is 1. The van der Waals surface area contributed by atoms with Gasteiger partial charge in [0.25, 0.3) is 11.6 Å². The number of aryl methyl sites for hydroxylation is 1. The molecule has 0 atom stereocenters. The first-order valence-corrected chi connectivity index (χ1v) is 11.2. The molecule has 0 unspecified atom stereocenters. The fourth-order valence-corrected chi connectivity index (χ4v) is 3.90. The molecule has 0 saturated carbocycles. The van der Waals surface area contributed by atoms with Crippen molar-refractivity contribution >= 4 is 34.1 Å². The molecule has 35 heavy (non-hydrogen) atoms. The highest BCUT2D eigenvalue weighted by atomic mass is 16.6. The number of rotatable bonds is 9. The number of ketones is 1. The second-order valence-electron chi connectivity index (χ2n) is 8.29. The van der Waals surface area contributed by atoms with Gasteiger partial charge in [-0.1, -0.05) is 30.3 Å². The molecule has 0 aliphatic carbocycles. The van der Waals surface area contributed by atoms with Crippen molar-refractivity contribution in [3.63, 3.8) is 0 Å². The summed E-state index contributed by atoms with van der Waals surface area (Å²) in [7, 11) is 3.38. The number of carbonyl (C=O) groups excluding carboxylic acids is 2. The average molecular weight is 472 g/mol. The lowest BCUT2D eigenvalue weighted by Gasteiger charge is -2.14. The van der Waals surface area contributed by atoms with Gasteiger partial charge in [-0.15, -0.1) is 0 Å². The van der Waals surface area contributed by atoms with Gasteiger partial charge >= 0.3 is 0 Å². The van der Waals surface area contributed by atoms with Crippen molar-refractivity contribution < 1.29 is 14.5 Å². The third-order valence-corrected chi connectivity index (χ3v) is 5.65. The predicted molar refractivity (Wildman–Crippen MR) is 134 cm³/mol.